The summed E-state index contributed by atoms with van der Waals surface area (Å²) in [4.78, 5) is 0. The van der Waals surface area contributed by atoms with E-state index in [0.717, 1.165) is 23.1 Å². The Labute approximate surface area is 169 Å². The van der Waals surface area contributed by atoms with Gasteiger partial charge >= 0.3 is 0 Å². The molecule has 0 bridgehead atoms. The number of allylic oxidation sites excluding steroid dienone is 1. The summed E-state index contributed by atoms with van der Waals surface area (Å²) in [6.07, 6.45) is 2.75. The normalized spacial score (nSPS) is 25.3. The lowest BCUT2D eigenvalue weighted by molar-refractivity contribution is 0.0299. The molecule has 0 aliphatic heterocycles. The van der Waals surface area contributed by atoms with E-state index in [2.05, 4.69) is 70.2 Å². The van der Waals surface area contributed by atoms with E-state index in [1.165, 1.54) is 16.7 Å². The van der Waals surface area contributed by atoms with Crippen LogP contribution in [-0.2, 0) is 0 Å². The lowest BCUT2D eigenvalue weighted by Crippen LogP contribution is -2.42. The molecule has 0 aromatic heterocycles. The van der Waals surface area contributed by atoms with Gasteiger partial charge in [0.1, 0.15) is 5.75 Å². The second kappa shape index (κ2) is 7.08. The third-order valence-electron chi connectivity index (χ3n) is 6.48. The van der Waals surface area contributed by atoms with Crippen molar-refractivity contribution in [1.29, 1.82) is 0 Å². The monoisotopic (exact) mass is 378 g/mol. The van der Waals surface area contributed by atoms with Gasteiger partial charge in [-0.3, -0.25) is 0 Å². The molecule has 2 nitrogen and oxygen atoms in total. The highest BCUT2D eigenvalue weighted by Gasteiger charge is 2.46. The first-order valence-corrected chi connectivity index (χ1v) is 10.2. The second-order valence-corrected chi connectivity index (χ2v) is 9.81. The highest BCUT2D eigenvalue weighted by molar-refractivity contribution is 5.48. The lowest BCUT2D eigenvalue weighted by Gasteiger charge is -2.48. The molecule has 2 heteroatoms. The van der Waals surface area contributed by atoms with Crippen molar-refractivity contribution in [3.8, 4) is 5.75 Å². The maximum absolute atomic E-state index is 10.7. The number of benzene rings is 2. The first-order valence-electron chi connectivity index (χ1n) is 10.2. The van der Waals surface area contributed by atoms with Gasteiger partial charge in [-0.15, -0.1) is 0 Å². The Balaban J connectivity index is 2.24. The van der Waals surface area contributed by atoms with E-state index in [4.69, 9.17) is 0 Å². The van der Waals surface area contributed by atoms with Gasteiger partial charge in [0.2, 0.25) is 0 Å². The van der Waals surface area contributed by atoms with E-state index in [-0.39, 0.29) is 16.7 Å². The number of phenolic OH excluding ortho intramolecular Hbond substituents is 1. The number of aromatic hydroxyl groups is 1. The van der Waals surface area contributed by atoms with Gasteiger partial charge < -0.3 is 10.2 Å². The summed E-state index contributed by atoms with van der Waals surface area (Å²) in [5.41, 5.74) is 6.26. The van der Waals surface area contributed by atoms with Crippen LogP contribution in [0.1, 0.15) is 67.9 Å². The van der Waals surface area contributed by atoms with Gasteiger partial charge in [-0.1, -0.05) is 68.8 Å². The van der Waals surface area contributed by atoms with Crippen molar-refractivity contribution >= 4 is 0 Å². The van der Waals surface area contributed by atoms with E-state index in [0.29, 0.717) is 5.75 Å². The van der Waals surface area contributed by atoms with Gasteiger partial charge in [0.25, 0.3) is 0 Å². The quantitative estimate of drug-likeness (QED) is 0.625. The summed E-state index contributed by atoms with van der Waals surface area (Å²) < 4.78 is 0. The fraction of sp³-hybridized carbons (Fsp3) is 0.462. The highest BCUT2D eigenvalue weighted by atomic mass is 16.3. The summed E-state index contributed by atoms with van der Waals surface area (Å²) in [7, 11) is 0. The fourth-order valence-electron chi connectivity index (χ4n) is 5.40. The van der Waals surface area contributed by atoms with Crippen LogP contribution < -0.4 is 0 Å². The van der Waals surface area contributed by atoms with Crippen molar-refractivity contribution in [2.75, 3.05) is 0 Å². The third-order valence-corrected chi connectivity index (χ3v) is 6.48. The van der Waals surface area contributed by atoms with E-state index in [9.17, 15) is 10.2 Å². The third kappa shape index (κ3) is 3.63. The molecule has 0 saturated heterocycles. The van der Waals surface area contributed by atoms with E-state index in [1.807, 2.05) is 20.8 Å². The van der Waals surface area contributed by atoms with Gasteiger partial charge in [0, 0.05) is 5.92 Å². The largest absolute Gasteiger partial charge is 0.507 e. The Morgan fingerprint density at radius 1 is 0.893 bits per heavy atom. The van der Waals surface area contributed by atoms with Crippen LogP contribution in [0.25, 0.3) is 0 Å². The predicted octanol–water partition coefficient (Wildman–Crippen LogP) is 6.19. The van der Waals surface area contributed by atoms with Gasteiger partial charge in [-0.25, -0.2) is 0 Å². The molecule has 1 aliphatic rings. The number of hydrogen-bond donors (Lipinski definition) is 2. The van der Waals surface area contributed by atoms with Gasteiger partial charge in [0.15, 0.2) is 0 Å². The highest BCUT2D eigenvalue weighted by Crippen LogP contribution is 2.54. The molecule has 3 rings (SSSR count). The van der Waals surface area contributed by atoms with Crippen molar-refractivity contribution in [1.82, 2.24) is 0 Å². The molecule has 2 aromatic rings. The molecule has 0 heterocycles. The molecule has 1 aliphatic carbocycles. The van der Waals surface area contributed by atoms with E-state index in [1.54, 1.807) is 0 Å². The summed E-state index contributed by atoms with van der Waals surface area (Å²) in [5.74, 6) is 0.524. The van der Waals surface area contributed by atoms with Crippen molar-refractivity contribution in [2.45, 2.75) is 66.9 Å². The van der Waals surface area contributed by atoms with Crippen LogP contribution in [0.4, 0.5) is 0 Å². The van der Waals surface area contributed by atoms with Crippen molar-refractivity contribution < 1.29 is 10.2 Å². The number of hydrogen-bond acceptors (Lipinski definition) is 2. The van der Waals surface area contributed by atoms with Crippen LogP contribution >= 0.6 is 0 Å². The molecule has 3 atom stereocenters. The molecule has 28 heavy (non-hydrogen) atoms. The summed E-state index contributed by atoms with van der Waals surface area (Å²) >= 11 is 0. The van der Waals surface area contributed by atoms with Crippen LogP contribution in [0.5, 0.6) is 5.75 Å². The maximum atomic E-state index is 10.7. The molecule has 2 aromatic carbocycles. The molecule has 0 amide bonds. The van der Waals surface area contributed by atoms with Crippen molar-refractivity contribution in [3.05, 3.63) is 75.9 Å². The standard InChI is InChI=1S/C26H34O2/c1-16-8-10-20(11-9-16)22(21-12-17(2)23(27)18(3)13-21)26(7)14-19(4)24(28)25(5,6)15-26/h8-14,22,24,27-28H,15H2,1-7H3. The Morgan fingerprint density at radius 2 is 1.43 bits per heavy atom. The average Bonchev–Trinajstić information content (AvgIpc) is 2.59. The smallest absolute Gasteiger partial charge is 0.121 e. The van der Waals surface area contributed by atoms with Gasteiger partial charge in [-0.05, 0) is 72.8 Å². The van der Waals surface area contributed by atoms with Gasteiger partial charge in [0.05, 0.1) is 6.10 Å². The lowest BCUT2D eigenvalue weighted by atomic mass is 9.57. The topological polar surface area (TPSA) is 40.5 Å². The fourth-order valence-corrected chi connectivity index (χ4v) is 5.40. The zero-order valence-corrected chi connectivity index (χ0v) is 18.3. The molecular weight excluding hydrogens is 344 g/mol. The first-order chi connectivity index (χ1) is 12.9. The molecule has 0 fully saturated rings. The Hall–Kier alpha value is -2.06. The SMILES string of the molecule is CC1=CC(C)(C(c2ccc(C)cc2)c2cc(C)c(O)c(C)c2)CC(C)(C)C1O. The molecule has 2 N–H and O–H groups in total. The predicted molar refractivity (Wildman–Crippen MR) is 117 cm³/mol. The molecule has 0 radical (unpaired) electrons. The Morgan fingerprint density at radius 3 is 1.93 bits per heavy atom. The minimum absolute atomic E-state index is 0.141. The number of aliphatic hydroxyl groups excluding tert-OH is 1. The number of phenols is 1. The zero-order valence-electron chi connectivity index (χ0n) is 18.3. The molecule has 0 saturated carbocycles. The van der Waals surface area contributed by atoms with Crippen LogP contribution in [0.15, 0.2) is 48.0 Å². The molecule has 3 unspecified atom stereocenters. The molecule has 0 spiro atoms. The van der Waals surface area contributed by atoms with Crippen LogP contribution in [0, 0.1) is 31.6 Å². The number of aliphatic hydroxyl groups is 1. The molecule has 150 valence electrons. The summed E-state index contributed by atoms with van der Waals surface area (Å²) in [5, 5.41) is 21.0. The van der Waals surface area contributed by atoms with Crippen molar-refractivity contribution in [2.24, 2.45) is 10.8 Å². The Kier molecular flexibility index (Phi) is 5.22. The number of rotatable bonds is 3. The van der Waals surface area contributed by atoms with Crippen LogP contribution in [-0.4, -0.2) is 16.3 Å². The van der Waals surface area contributed by atoms with E-state index < -0.39 is 6.10 Å². The summed E-state index contributed by atoms with van der Waals surface area (Å²) in [6.45, 7) is 14.7. The van der Waals surface area contributed by atoms with Crippen molar-refractivity contribution in [3.63, 3.8) is 0 Å². The summed E-state index contributed by atoms with van der Waals surface area (Å²) in [6, 6.07) is 13.0. The minimum atomic E-state index is -0.414. The van der Waals surface area contributed by atoms with E-state index >= 15 is 0 Å². The van der Waals surface area contributed by atoms with Gasteiger partial charge in [-0.2, -0.15) is 0 Å². The van der Waals surface area contributed by atoms with Crippen LogP contribution in [0.3, 0.4) is 0 Å². The zero-order chi connectivity index (χ0) is 20.9. The number of aryl methyl sites for hydroxylation is 3. The first kappa shape index (κ1) is 20.7. The maximum Gasteiger partial charge on any atom is 0.121 e. The minimum Gasteiger partial charge on any atom is -0.507 e. The van der Waals surface area contributed by atoms with Crippen LogP contribution in [0.2, 0.25) is 0 Å². The second-order valence-electron chi connectivity index (χ2n) is 9.81. The molecular formula is C26H34O2. The Bertz CT molecular complexity index is 882. The average molecular weight is 379 g/mol.